The predicted octanol–water partition coefficient (Wildman–Crippen LogP) is 2.45. The summed E-state index contributed by atoms with van der Waals surface area (Å²) in [5.41, 5.74) is 3.32. The smallest absolute Gasteiger partial charge is 0.314 e. The minimum atomic E-state index is -0.0469. The summed E-state index contributed by atoms with van der Waals surface area (Å²) in [5, 5.41) is 13.0. The van der Waals surface area contributed by atoms with E-state index in [0.717, 1.165) is 24.4 Å². The van der Waals surface area contributed by atoms with Crippen LogP contribution in [-0.2, 0) is 6.42 Å². The van der Waals surface area contributed by atoms with Crippen LogP contribution in [0.25, 0.3) is 0 Å². The van der Waals surface area contributed by atoms with Gasteiger partial charge in [-0.05, 0) is 44.6 Å². The number of aromatic nitrogens is 2. The molecule has 112 valence electrons. The Kier molecular flexibility index (Phi) is 5.44. The van der Waals surface area contributed by atoms with Gasteiger partial charge >= 0.3 is 6.03 Å². The van der Waals surface area contributed by atoms with E-state index in [1.807, 2.05) is 13.8 Å². The van der Waals surface area contributed by atoms with Gasteiger partial charge in [-0.2, -0.15) is 5.10 Å². The van der Waals surface area contributed by atoms with Gasteiger partial charge in [0.2, 0.25) is 0 Å². The molecule has 1 saturated carbocycles. The summed E-state index contributed by atoms with van der Waals surface area (Å²) in [6.45, 7) is 5.47. The summed E-state index contributed by atoms with van der Waals surface area (Å²) in [7, 11) is 0. The van der Waals surface area contributed by atoms with Crippen molar-refractivity contribution >= 4 is 6.03 Å². The van der Waals surface area contributed by atoms with Crippen molar-refractivity contribution in [3.63, 3.8) is 0 Å². The molecule has 0 bridgehead atoms. The zero-order chi connectivity index (χ0) is 14.4. The highest BCUT2D eigenvalue weighted by Crippen LogP contribution is 2.22. The molecule has 2 rings (SSSR count). The van der Waals surface area contributed by atoms with E-state index in [9.17, 15) is 4.79 Å². The first-order chi connectivity index (χ1) is 9.66. The number of aromatic amines is 1. The minimum Gasteiger partial charge on any atom is -0.338 e. The normalized spacial score (nSPS) is 16.1. The average Bonchev–Trinajstić information content (AvgIpc) is 2.78. The molecule has 1 aliphatic carbocycles. The fraction of sp³-hybridized carbons (Fsp3) is 0.733. The van der Waals surface area contributed by atoms with Crippen LogP contribution in [0, 0.1) is 19.8 Å². The SMILES string of the molecule is Cc1n[nH]c(C)c1CCNC(=O)NCC1CCCCC1. The molecule has 1 heterocycles. The largest absolute Gasteiger partial charge is 0.338 e. The van der Waals surface area contributed by atoms with Gasteiger partial charge in [0, 0.05) is 18.8 Å². The van der Waals surface area contributed by atoms with Gasteiger partial charge in [-0.3, -0.25) is 5.10 Å². The summed E-state index contributed by atoms with van der Waals surface area (Å²) in [6, 6.07) is -0.0469. The Morgan fingerprint density at radius 2 is 2.00 bits per heavy atom. The van der Waals surface area contributed by atoms with Crippen LogP contribution in [0.4, 0.5) is 4.79 Å². The zero-order valence-corrected chi connectivity index (χ0v) is 12.6. The summed E-state index contributed by atoms with van der Waals surface area (Å²) in [4.78, 5) is 11.7. The molecule has 1 aliphatic rings. The van der Waals surface area contributed by atoms with Crippen molar-refractivity contribution in [1.82, 2.24) is 20.8 Å². The number of hydrogen-bond acceptors (Lipinski definition) is 2. The van der Waals surface area contributed by atoms with E-state index in [2.05, 4.69) is 20.8 Å². The number of aryl methyl sites for hydroxylation is 2. The molecule has 0 saturated heterocycles. The second kappa shape index (κ2) is 7.31. The number of amides is 2. The van der Waals surface area contributed by atoms with Gasteiger partial charge in [-0.25, -0.2) is 4.79 Å². The molecule has 3 N–H and O–H groups in total. The zero-order valence-electron chi connectivity index (χ0n) is 12.6. The van der Waals surface area contributed by atoms with Crippen molar-refractivity contribution in [3.05, 3.63) is 17.0 Å². The molecule has 1 aromatic rings. The first-order valence-corrected chi connectivity index (χ1v) is 7.69. The molecule has 5 nitrogen and oxygen atoms in total. The second-order valence-corrected chi connectivity index (χ2v) is 5.80. The Bertz CT molecular complexity index is 416. The summed E-state index contributed by atoms with van der Waals surface area (Å²) in [6.07, 6.45) is 7.32. The van der Waals surface area contributed by atoms with Crippen molar-refractivity contribution in [2.45, 2.75) is 52.4 Å². The van der Waals surface area contributed by atoms with Crippen LogP contribution in [0.3, 0.4) is 0 Å². The first kappa shape index (κ1) is 14.9. The maximum atomic E-state index is 11.7. The fourth-order valence-corrected chi connectivity index (χ4v) is 2.93. The molecule has 2 amide bonds. The Labute approximate surface area is 120 Å². The lowest BCUT2D eigenvalue weighted by Gasteiger charge is -2.21. The van der Waals surface area contributed by atoms with Crippen molar-refractivity contribution in [3.8, 4) is 0 Å². The Balaban J connectivity index is 1.62. The van der Waals surface area contributed by atoms with Crippen LogP contribution in [0.2, 0.25) is 0 Å². The average molecular weight is 278 g/mol. The predicted molar refractivity (Wildman–Crippen MR) is 79.7 cm³/mol. The lowest BCUT2D eigenvalue weighted by molar-refractivity contribution is 0.236. The lowest BCUT2D eigenvalue weighted by atomic mass is 9.89. The maximum Gasteiger partial charge on any atom is 0.314 e. The monoisotopic (exact) mass is 278 g/mol. The topological polar surface area (TPSA) is 69.8 Å². The number of urea groups is 1. The van der Waals surface area contributed by atoms with E-state index in [1.54, 1.807) is 0 Å². The van der Waals surface area contributed by atoms with Gasteiger partial charge in [0.15, 0.2) is 0 Å². The van der Waals surface area contributed by atoms with Gasteiger partial charge in [-0.15, -0.1) is 0 Å². The van der Waals surface area contributed by atoms with Gasteiger partial charge in [0.1, 0.15) is 0 Å². The van der Waals surface area contributed by atoms with E-state index in [1.165, 1.54) is 37.7 Å². The first-order valence-electron chi connectivity index (χ1n) is 7.69. The van der Waals surface area contributed by atoms with Crippen molar-refractivity contribution < 1.29 is 4.79 Å². The molecule has 1 fully saturated rings. The molecule has 5 heteroatoms. The number of carbonyl (C=O) groups is 1. The van der Waals surface area contributed by atoms with Crippen molar-refractivity contribution in [1.29, 1.82) is 0 Å². The molecule has 0 aliphatic heterocycles. The molecular weight excluding hydrogens is 252 g/mol. The van der Waals surface area contributed by atoms with Gasteiger partial charge in [0.05, 0.1) is 5.69 Å². The molecule has 20 heavy (non-hydrogen) atoms. The number of nitrogens with one attached hydrogen (secondary N) is 3. The van der Waals surface area contributed by atoms with Gasteiger partial charge in [0.25, 0.3) is 0 Å². The minimum absolute atomic E-state index is 0.0469. The number of nitrogens with zero attached hydrogens (tertiary/aromatic N) is 1. The molecule has 0 aromatic carbocycles. The fourth-order valence-electron chi connectivity index (χ4n) is 2.93. The van der Waals surface area contributed by atoms with Crippen molar-refractivity contribution in [2.24, 2.45) is 5.92 Å². The molecule has 0 atom stereocenters. The highest BCUT2D eigenvalue weighted by Gasteiger charge is 2.14. The lowest BCUT2D eigenvalue weighted by Crippen LogP contribution is -2.39. The van der Waals surface area contributed by atoms with E-state index >= 15 is 0 Å². The summed E-state index contributed by atoms with van der Waals surface area (Å²) in [5.74, 6) is 0.674. The highest BCUT2D eigenvalue weighted by molar-refractivity contribution is 5.73. The number of hydrogen-bond donors (Lipinski definition) is 3. The van der Waals surface area contributed by atoms with Crippen molar-refractivity contribution in [2.75, 3.05) is 13.1 Å². The number of H-pyrrole nitrogens is 1. The highest BCUT2D eigenvalue weighted by atomic mass is 16.2. The molecule has 1 aromatic heterocycles. The molecular formula is C15H26N4O. The second-order valence-electron chi connectivity index (χ2n) is 5.80. The number of rotatable bonds is 5. The Morgan fingerprint density at radius 1 is 1.25 bits per heavy atom. The van der Waals surface area contributed by atoms with Crippen LogP contribution < -0.4 is 10.6 Å². The standard InChI is InChI=1S/C15H26N4O/c1-11-14(12(2)19-18-11)8-9-16-15(20)17-10-13-6-4-3-5-7-13/h13H,3-10H2,1-2H3,(H,18,19)(H2,16,17,20). The molecule has 0 unspecified atom stereocenters. The van der Waals surface area contributed by atoms with Crippen LogP contribution in [0.5, 0.6) is 0 Å². The quantitative estimate of drug-likeness (QED) is 0.774. The Morgan fingerprint density at radius 3 is 2.65 bits per heavy atom. The van der Waals surface area contributed by atoms with Crippen LogP contribution >= 0.6 is 0 Å². The maximum absolute atomic E-state index is 11.7. The van der Waals surface area contributed by atoms with Crippen LogP contribution in [0.15, 0.2) is 0 Å². The number of carbonyl (C=O) groups excluding carboxylic acids is 1. The van der Waals surface area contributed by atoms with E-state index < -0.39 is 0 Å². The van der Waals surface area contributed by atoms with E-state index in [-0.39, 0.29) is 6.03 Å². The third-order valence-corrected chi connectivity index (χ3v) is 4.22. The molecule has 0 radical (unpaired) electrons. The van der Waals surface area contributed by atoms with Gasteiger partial charge in [-0.1, -0.05) is 19.3 Å². The third-order valence-electron chi connectivity index (χ3n) is 4.22. The van der Waals surface area contributed by atoms with E-state index in [0.29, 0.717) is 12.5 Å². The van der Waals surface area contributed by atoms with E-state index in [4.69, 9.17) is 0 Å². The van der Waals surface area contributed by atoms with Crippen LogP contribution in [0.1, 0.15) is 49.1 Å². The summed E-state index contributed by atoms with van der Waals surface area (Å²) < 4.78 is 0. The third kappa shape index (κ3) is 4.25. The van der Waals surface area contributed by atoms with Crippen LogP contribution in [-0.4, -0.2) is 29.3 Å². The molecule has 0 spiro atoms. The summed E-state index contributed by atoms with van der Waals surface area (Å²) >= 11 is 0. The van der Waals surface area contributed by atoms with Gasteiger partial charge < -0.3 is 10.6 Å². The Hall–Kier alpha value is -1.52.